The number of thioether (sulfide) groups is 1. The maximum Gasteiger partial charge on any atom is 0.100 e. The highest BCUT2D eigenvalue weighted by Gasteiger charge is 1.93. The fourth-order valence-electron chi connectivity index (χ4n) is 0.292. The number of aliphatic hydroxyl groups excluding tert-OH is 3. The lowest BCUT2D eigenvalue weighted by Crippen LogP contribution is -2.15. The van der Waals surface area contributed by atoms with E-state index in [2.05, 4.69) is 13.2 Å². The maximum absolute atomic E-state index is 8.17. The molecular weight excluding hydrogens is 188 g/mol. The summed E-state index contributed by atoms with van der Waals surface area (Å²) in [5.74, 6) is 2.07. The fourth-order valence-corrected chi connectivity index (χ4v) is 0.762. The number of hydrogen-bond donors (Lipinski definition) is 3. The van der Waals surface area contributed by atoms with Crippen molar-refractivity contribution in [2.75, 3.05) is 24.7 Å². The second-order valence-electron chi connectivity index (χ2n) is 2.13. The van der Waals surface area contributed by atoms with Crippen LogP contribution in [-0.2, 0) is 0 Å². The van der Waals surface area contributed by atoms with Crippen LogP contribution in [0.3, 0.4) is 0 Å². The quantitative estimate of drug-likeness (QED) is 0.435. The molecule has 0 aromatic rings. The second kappa shape index (κ2) is 14.2. The van der Waals surface area contributed by atoms with E-state index in [4.69, 9.17) is 15.3 Å². The topological polar surface area (TPSA) is 60.7 Å². The Morgan fingerprint density at radius 3 is 1.62 bits per heavy atom. The van der Waals surface area contributed by atoms with Crippen molar-refractivity contribution >= 4 is 11.8 Å². The molecule has 0 saturated carbocycles. The van der Waals surface area contributed by atoms with Crippen LogP contribution in [0.5, 0.6) is 0 Å². The van der Waals surface area contributed by atoms with Crippen LogP contribution in [0.1, 0.15) is 0 Å². The van der Waals surface area contributed by atoms with Crippen LogP contribution in [0.15, 0.2) is 25.3 Å². The van der Waals surface area contributed by atoms with Gasteiger partial charge in [0.05, 0.1) is 13.2 Å². The van der Waals surface area contributed by atoms with Gasteiger partial charge in [-0.05, 0) is 0 Å². The fraction of sp³-hybridized carbons (Fsp3) is 0.556. The molecule has 0 radical (unpaired) electrons. The largest absolute Gasteiger partial charge is 0.394 e. The Labute approximate surface area is 83.8 Å². The highest BCUT2D eigenvalue weighted by atomic mass is 32.2. The Morgan fingerprint density at radius 2 is 1.46 bits per heavy atom. The third kappa shape index (κ3) is 18.6. The normalized spacial score (nSPS) is 8.92. The molecule has 0 aliphatic rings. The number of hydrogen-bond acceptors (Lipinski definition) is 4. The lowest BCUT2D eigenvalue weighted by Gasteiger charge is -1.96. The molecule has 0 heterocycles. The Hall–Kier alpha value is -0.290. The van der Waals surface area contributed by atoms with Gasteiger partial charge in [0.2, 0.25) is 0 Å². The molecule has 13 heavy (non-hydrogen) atoms. The molecule has 0 saturated heterocycles. The lowest BCUT2D eigenvalue weighted by molar-refractivity contribution is 0.0450. The predicted octanol–water partition coefficient (Wildman–Crippen LogP) is 0.424. The highest BCUT2D eigenvalue weighted by Crippen LogP contribution is 1.97. The molecule has 0 fully saturated rings. The summed E-state index contributed by atoms with van der Waals surface area (Å²) in [6.45, 7) is 6.43. The van der Waals surface area contributed by atoms with Gasteiger partial charge in [0, 0.05) is 11.5 Å². The van der Waals surface area contributed by atoms with Crippen LogP contribution in [0, 0.1) is 0 Å². The molecule has 78 valence electrons. The van der Waals surface area contributed by atoms with E-state index in [0.717, 1.165) is 11.5 Å². The minimum Gasteiger partial charge on any atom is -0.394 e. The molecule has 0 bridgehead atoms. The first kappa shape index (κ1) is 15.2. The van der Waals surface area contributed by atoms with Crippen LogP contribution in [0.2, 0.25) is 0 Å². The Bertz CT molecular complexity index is 105. The van der Waals surface area contributed by atoms with Crippen LogP contribution < -0.4 is 0 Å². The van der Waals surface area contributed by atoms with Gasteiger partial charge in [-0.25, -0.2) is 0 Å². The summed E-state index contributed by atoms with van der Waals surface area (Å²) in [7, 11) is 0. The summed E-state index contributed by atoms with van der Waals surface area (Å²) in [5, 5.41) is 24.0. The molecule has 0 unspecified atom stereocenters. The van der Waals surface area contributed by atoms with Crippen molar-refractivity contribution in [3.8, 4) is 0 Å². The summed E-state index contributed by atoms with van der Waals surface area (Å²) in [6, 6.07) is 0. The molecule has 0 aliphatic heterocycles. The average Bonchev–Trinajstić information content (AvgIpc) is 2.18. The Kier molecular flexibility index (Phi) is 16.7. The number of aliphatic hydroxyl groups is 3. The van der Waals surface area contributed by atoms with E-state index in [0.29, 0.717) is 0 Å². The summed E-state index contributed by atoms with van der Waals surface area (Å²) in [5.41, 5.74) is 0. The van der Waals surface area contributed by atoms with Crippen molar-refractivity contribution in [3.05, 3.63) is 25.3 Å². The SMILES string of the molecule is C=CCSCC=C.OCC(O)CO. The van der Waals surface area contributed by atoms with Gasteiger partial charge in [0.1, 0.15) is 6.10 Å². The van der Waals surface area contributed by atoms with Crippen molar-refractivity contribution in [2.24, 2.45) is 0 Å². The van der Waals surface area contributed by atoms with Gasteiger partial charge in [-0.15, -0.1) is 13.2 Å². The molecule has 3 N–H and O–H groups in total. The zero-order valence-corrected chi connectivity index (χ0v) is 8.54. The van der Waals surface area contributed by atoms with Crippen molar-refractivity contribution in [2.45, 2.75) is 6.10 Å². The minimum absolute atomic E-state index is 0.365. The lowest BCUT2D eigenvalue weighted by atomic mass is 10.4. The van der Waals surface area contributed by atoms with E-state index in [-0.39, 0.29) is 13.2 Å². The van der Waals surface area contributed by atoms with Crippen molar-refractivity contribution in [1.82, 2.24) is 0 Å². The average molecular weight is 206 g/mol. The van der Waals surface area contributed by atoms with Gasteiger partial charge in [-0.3, -0.25) is 0 Å². The van der Waals surface area contributed by atoms with Crippen LogP contribution in [0.25, 0.3) is 0 Å². The van der Waals surface area contributed by atoms with Gasteiger partial charge in [-0.2, -0.15) is 11.8 Å². The van der Waals surface area contributed by atoms with Gasteiger partial charge in [0.25, 0.3) is 0 Å². The molecule has 0 amide bonds. The standard InChI is InChI=1S/C6H10S.C3H8O3/c1-3-5-7-6-4-2;4-1-3(6)2-5/h3-4H,1-2,5-6H2;3-6H,1-2H2. The van der Waals surface area contributed by atoms with Crippen molar-refractivity contribution < 1.29 is 15.3 Å². The van der Waals surface area contributed by atoms with E-state index in [1.165, 1.54) is 0 Å². The Morgan fingerprint density at radius 1 is 1.08 bits per heavy atom. The maximum atomic E-state index is 8.17. The van der Waals surface area contributed by atoms with Crippen LogP contribution in [0.4, 0.5) is 0 Å². The van der Waals surface area contributed by atoms with Crippen LogP contribution >= 0.6 is 11.8 Å². The predicted molar refractivity (Wildman–Crippen MR) is 57.9 cm³/mol. The van der Waals surface area contributed by atoms with Gasteiger partial charge in [-0.1, -0.05) is 12.2 Å². The zero-order valence-electron chi connectivity index (χ0n) is 7.72. The monoisotopic (exact) mass is 206 g/mol. The molecule has 0 rings (SSSR count). The summed E-state index contributed by atoms with van der Waals surface area (Å²) in [6.07, 6.45) is 2.84. The molecule has 0 spiro atoms. The third-order valence-corrected chi connectivity index (χ3v) is 1.84. The summed E-state index contributed by atoms with van der Waals surface area (Å²) < 4.78 is 0. The first-order chi connectivity index (χ1) is 6.22. The summed E-state index contributed by atoms with van der Waals surface area (Å²) >= 11 is 1.82. The molecule has 0 aliphatic carbocycles. The third-order valence-electron chi connectivity index (χ3n) is 0.893. The van der Waals surface area contributed by atoms with Gasteiger partial charge in [0.15, 0.2) is 0 Å². The van der Waals surface area contributed by atoms with Crippen molar-refractivity contribution in [3.63, 3.8) is 0 Å². The molecule has 0 aromatic heterocycles. The molecular formula is C9H18O3S. The Balaban J connectivity index is 0. The molecule has 0 atom stereocenters. The smallest absolute Gasteiger partial charge is 0.100 e. The van der Waals surface area contributed by atoms with E-state index in [9.17, 15) is 0 Å². The van der Waals surface area contributed by atoms with Crippen molar-refractivity contribution in [1.29, 1.82) is 0 Å². The van der Waals surface area contributed by atoms with E-state index < -0.39 is 6.10 Å². The van der Waals surface area contributed by atoms with Crippen LogP contribution in [-0.4, -0.2) is 46.1 Å². The van der Waals surface area contributed by atoms with Gasteiger partial charge >= 0.3 is 0 Å². The van der Waals surface area contributed by atoms with E-state index in [1.807, 2.05) is 23.9 Å². The van der Waals surface area contributed by atoms with E-state index in [1.54, 1.807) is 0 Å². The molecule has 4 heteroatoms. The minimum atomic E-state index is -0.954. The van der Waals surface area contributed by atoms with Gasteiger partial charge < -0.3 is 15.3 Å². The summed E-state index contributed by atoms with van der Waals surface area (Å²) in [4.78, 5) is 0. The highest BCUT2D eigenvalue weighted by molar-refractivity contribution is 7.99. The second-order valence-corrected chi connectivity index (χ2v) is 3.21. The number of rotatable bonds is 6. The zero-order chi connectivity index (χ0) is 10.5. The first-order valence-electron chi connectivity index (χ1n) is 3.92. The molecule has 0 aromatic carbocycles. The van der Waals surface area contributed by atoms with E-state index >= 15 is 0 Å². The first-order valence-corrected chi connectivity index (χ1v) is 5.07. The molecule has 3 nitrogen and oxygen atoms in total.